The van der Waals surface area contributed by atoms with Gasteiger partial charge in [0, 0.05) is 11.5 Å². The standard InChI is InChI=1S/C15H14F6O6/c1-5(2)11(23)26-9-6-3-7(10(9)25-8(22)4-6)12(24)27-13(14(16,17)18)15(19,20)21/h6-7,9-10,13H,1,3-4H2,2H3. The molecule has 1 aliphatic heterocycles. The summed E-state index contributed by atoms with van der Waals surface area (Å²) in [7, 11) is 0. The molecule has 0 N–H and O–H groups in total. The first-order chi connectivity index (χ1) is 12.2. The molecule has 1 saturated carbocycles. The van der Waals surface area contributed by atoms with Gasteiger partial charge in [0.15, 0.2) is 6.10 Å². The highest BCUT2D eigenvalue weighted by atomic mass is 19.4. The Kier molecular flexibility index (Phi) is 5.48. The summed E-state index contributed by atoms with van der Waals surface area (Å²) in [5.41, 5.74) is -0.0281. The van der Waals surface area contributed by atoms with Crippen molar-refractivity contribution in [1.29, 1.82) is 0 Å². The highest BCUT2D eigenvalue weighted by molar-refractivity contribution is 5.87. The summed E-state index contributed by atoms with van der Waals surface area (Å²) >= 11 is 0. The molecule has 0 aromatic carbocycles. The number of hydrogen-bond donors (Lipinski definition) is 0. The fourth-order valence-electron chi connectivity index (χ4n) is 2.99. The Morgan fingerprint density at radius 2 is 1.74 bits per heavy atom. The highest BCUT2D eigenvalue weighted by Crippen LogP contribution is 2.44. The molecule has 2 bridgehead atoms. The third-order valence-electron chi connectivity index (χ3n) is 4.16. The summed E-state index contributed by atoms with van der Waals surface area (Å²) in [6.07, 6.45) is -19.4. The first kappa shape index (κ1) is 21.0. The van der Waals surface area contributed by atoms with Crippen molar-refractivity contribution in [2.24, 2.45) is 11.8 Å². The molecule has 0 aromatic heterocycles. The number of ether oxygens (including phenoxy) is 3. The molecule has 0 aromatic rings. The third kappa shape index (κ3) is 4.53. The van der Waals surface area contributed by atoms with Gasteiger partial charge in [-0.25, -0.2) is 4.79 Å². The predicted molar refractivity (Wildman–Crippen MR) is 72.8 cm³/mol. The van der Waals surface area contributed by atoms with E-state index in [1.165, 1.54) is 6.92 Å². The zero-order chi connectivity index (χ0) is 20.7. The van der Waals surface area contributed by atoms with E-state index in [1.807, 2.05) is 0 Å². The van der Waals surface area contributed by atoms with Gasteiger partial charge in [-0.15, -0.1) is 0 Å². The lowest BCUT2D eigenvalue weighted by Gasteiger charge is -2.30. The number of halogens is 6. The van der Waals surface area contributed by atoms with Gasteiger partial charge in [-0.3, -0.25) is 9.59 Å². The van der Waals surface area contributed by atoms with Crippen LogP contribution in [0.4, 0.5) is 26.3 Å². The predicted octanol–water partition coefficient (Wildman–Crippen LogP) is 2.46. The van der Waals surface area contributed by atoms with Crippen molar-refractivity contribution in [3.63, 3.8) is 0 Å². The number of fused-ring (bicyclic) bond motifs is 2. The van der Waals surface area contributed by atoms with Crippen molar-refractivity contribution in [1.82, 2.24) is 0 Å². The second-order valence-electron chi connectivity index (χ2n) is 6.31. The molecule has 1 saturated heterocycles. The van der Waals surface area contributed by atoms with Crippen molar-refractivity contribution < 1.29 is 54.9 Å². The van der Waals surface area contributed by atoms with Crippen LogP contribution in [0.3, 0.4) is 0 Å². The highest BCUT2D eigenvalue weighted by Gasteiger charge is 2.62. The molecule has 4 atom stereocenters. The molecular formula is C15H14F6O6. The normalized spacial score (nSPS) is 27.9. The molecule has 27 heavy (non-hydrogen) atoms. The van der Waals surface area contributed by atoms with Gasteiger partial charge in [0.1, 0.15) is 6.10 Å². The zero-order valence-electron chi connectivity index (χ0n) is 13.7. The molecule has 0 spiro atoms. The molecule has 152 valence electrons. The maximum Gasteiger partial charge on any atom is 0.434 e. The summed E-state index contributed by atoms with van der Waals surface area (Å²) in [6, 6.07) is 0. The quantitative estimate of drug-likeness (QED) is 0.310. The first-order valence-electron chi connectivity index (χ1n) is 7.61. The Bertz CT molecular complexity index is 640. The molecule has 6 nitrogen and oxygen atoms in total. The Labute approximate surface area is 148 Å². The van der Waals surface area contributed by atoms with Gasteiger partial charge in [0.05, 0.1) is 12.3 Å². The molecule has 0 amide bonds. The van der Waals surface area contributed by atoms with E-state index in [0.717, 1.165) is 0 Å². The van der Waals surface area contributed by atoms with Crippen LogP contribution < -0.4 is 0 Å². The van der Waals surface area contributed by atoms with E-state index in [1.54, 1.807) is 0 Å². The second kappa shape index (κ2) is 7.04. The molecule has 2 rings (SSSR count). The molecule has 2 aliphatic rings. The van der Waals surface area contributed by atoms with Gasteiger partial charge < -0.3 is 14.2 Å². The number of hydrogen-bond acceptors (Lipinski definition) is 6. The fourth-order valence-corrected chi connectivity index (χ4v) is 2.99. The summed E-state index contributed by atoms with van der Waals surface area (Å²) < 4.78 is 89.0. The molecule has 4 unspecified atom stereocenters. The maximum atomic E-state index is 12.6. The summed E-state index contributed by atoms with van der Waals surface area (Å²) in [4.78, 5) is 35.2. The van der Waals surface area contributed by atoms with Crippen LogP contribution in [0.15, 0.2) is 12.2 Å². The van der Waals surface area contributed by atoms with Crippen molar-refractivity contribution >= 4 is 17.9 Å². The number of carbonyl (C=O) groups is 3. The van der Waals surface area contributed by atoms with Gasteiger partial charge in [-0.05, 0) is 13.3 Å². The summed E-state index contributed by atoms with van der Waals surface area (Å²) in [5, 5.41) is 0. The average molecular weight is 404 g/mol. The Morgan fingerprint density at radius 1 is 1.19 bits per heavy atom. The molecule has 2 fully saturated rings. The van der Waals surface area contributed by atoms with Gasteiger partial charge in [-0.2, -0.15) is 26.3 Å². The van der Waals surface area contributed by atoms with Crippen LogP contribution in [0.2, 0.25) is 0 Å². The van der Waals surface area contributed by atoms with E-state index in [9.17, 15) is 40.7 Å². The van der Waals surface area contributed by atoms with E-state index < -0.39 is 60.4 Å². The number of alkyl halides is 6. The first-order valence-corrected chi connectivity index (χ1v) is 7.61. The smallest absolute Gasteiger partial charge is 0.434 e. The summed E-state index contributed by atoms with van der Waals surface area (Å²) in [5.74, 6) is -5.98. The van der Waals surface area contributed by atoms with Crippen LogP contribution in [0, 0.1) is 11.8 Å². The minimum absolute atomic E-state index is 0.0281. The lowest BCUT2D eigenvalue weighted by Crippen LogP contribution is -2.48. The minimum atomic E-state index is -5.87. The van der Waals surface area contributed by atoms with Crippen molar-refractivity contribution in [2.45, 2.75) is 50.4 Å². The van der Waals surface area contributed by atoms with Gasteiger partial charge in [0.2, 0.25) is 0 Å². The molecular weight excluding hydrogens is 390 g/mol. The van der Waals surface area contributed by atoms with E-state index in [-0.39, 0.29) is 18.4 Å². The summed E-state index contributed by atoms with van der Waals surface area (Å²) in [6.45, 7) is 4.64. The molecule has 1 aliphatic carbocycles. The molecule has 0 radical (unpaired) electrons. The molecule has 12 heteroatoms. The Balaban J connectivity index is 2.20. The number of carbonyl (C=O) groups excluding carboxylic acids is 3. The van der Waals surface area contributed by atoms with E-state index in [4.69, 9.17) is 9.47 Å². The lowest BCUT2D eigenvalue weighted by atomic mass is 9.99. The number of rotatable bonds is 4. The van der Waals surface area contributed by atoms with E-state index in [2.05, 4.69) is 11.3 Å². The van der Waals surface area contributed by atoms with Crippen LogP contribution in [0.5, 0.6) is 0 Å². The van der Waals surface area contributed by atoms with Crippen LogP contribution in [-0.4, -0.2) is 48.6 Å². The SMILES string of the molecule is C=C(C)C(=O)OC1C2CC(=O)OC1C(C(=O)OC(C(F)(F)F)C(F)(F)F)C2. The Morgan fingerprint density at radius 3 is 2.22 bits per heavy atom. The number of esters is 3. The van der Waals surface area contributed by atoms with E-state index >= 15 is 0 Å². The van der Waals surface area contributed by atoms with Crippen LogP contribution in [0.25, 0.3) is 0 Å². The van der Waals surface area contributed by atoms with Crippen molar-refractivity contribution in [2.75, 3.05) is 0 Å². The van der Waals surface area contributed by atoms with Gasteiger partial charge >= 0.3 is 30.3 Å². The van der Waals surface area contributed by atoms with Crippen molar-refractivity contribution in [3.05, 3.63) is 12.2 Å². The monoisotopic (exact) mass is 404 g/mol. The topological polar surface area (TPSA) is 78.9 Å². The van der Waals surface area contributed by atoms with Crippen LogP contribution in [0.1, 0.15) is 19.8 Å². The van der Waals surface area contributed by atoms with Crippen LogP contribution in [-0.2, 0) is 28.6 Å². The average Bonchev–Trinajstić information content (AvgIpc) is 2.70. The largest absolute Gasteiger partial charge is 0.457 e. The lowest BCUT2D eigenvalue weighted by molar-refractivity contribution is -0.314. The minimum Gasteiger partial charge on any atom is -0.457 e. The fraction of sp³-hybridized carbons (Fsp3) is 0.667. The van der Waals surface area contributed by atoms with Crippen molar-refractivity contribution in [3.8, 4) is 0 Å². The van der Waals surface area contributed by atoms with Gasteiger partial charge in [0.25, 0.3) is 6.10 Å². The van der Waals surface area contributed by atoms with Gasteiger partial charge in [-0.1, -0.05) is 6.58 Å². The maximum absolute atomic E-state index is 12.6. The zero-order valence-corrected chi connectivity index (χ0v) is 13.7. The Hall–Kier alpha value is -2.27. The second-order valence-corrected chi connectivity index (χ2v) is 6.31. The molecule has 1 heterocycles. The van der Waals surface area contributed by atoms with Crippen LogP contribution >= 0.6 is 0 Å². The van der Waals surface area contributed by atoms with E-state index in [0.29, 0.717) is 0 Å². The third-order valence-corrected chi connectivity index (χ3v) is 4.16.